The minimum atomic E-state index is 0.312. The smallest absolute Gasteiger partial charge is 0.231 e. The summed E-state index contributed by atoms with van der Waals surface area (Å²) in [5, 5.41) is 3.33. The van der Waals surface area contributed by atoms with Gasteiger partial charge in [-0.2, -0.15) is 15.0 Å². The predicted molar refractivity (Wildman–Crippen MR) is 71.6 cm³/mol. The highest BCUT2D eigenvalue weighted by Gasteiger charge is 2.20. The quantitative estimate of drug-likeness (QED) is 0.842. The summed E-state index contributed by atoms with van der Waals surface area (Å²) in [6.45, 7) is 2.04. The van der Waals surface area contributed by atoms with Crippen molar-refractivity contribution in [2.45, 2.75) is 44.6 Å². The fourth-order valence-electron chi connectivity index (χ4n) is 2.42. The van der Waals surface area contributed by atoms with Crippen LogP contribution < -0.4 is 16.0 Å². The van der Waals surface area contributed by atoms with Crippen LogP contribution in [0.1, 0.15) is 38.5 Å². The second kappa shape index (κ2) is 4.96. The second-order valence-corrected chi connectivity index (χ2v) is 5.14. The van der Waals surface area contributed by atoms with Crippen molar-refractivity contribution < 1.29 is 0 Å². The Hall–Kier alpha value is -1.59. The van der Waals surface area contributed by atoms with Crippen molar-refractivity contribution in [2.24, 2.45) is 0 Å². The average molecular weight is 248 g/mol. The Kier molecular flexibility index (Phi) is 3.17. The van der Waals surface area contributed by atoms with E-state index in [1.807, 2.05) is 0 Å². The van der Waals surface area contributed by atoms with Gasteiger partial charge in [0.2, 0.25) is 17.8 Å². The predicted octanol–water partition coefficient (Wildman–Crippen LogP) is 1.41. The van der Waals surface area contributed by atoms with Crippen LogP contribution >= 0.6 is 0 Å². The van der Waals surface area contributed by atoms with Crippen molar-refractivity contribution >= 4 is 17.8 Å². The molecule has 0 bridgehead atoms. The van der Waals surface area contributed by atoms with Gasteiger partial charge in [0.15, 0.2) is 0 Å². The van der Waals surface area contributed by atoms with Gasteiger partial charge in [-0.15, -0.1) is 0 Å². The number of nitrogen functional groups attached to an aromatic ring is 1. The highest BCUT2D eigenvalue weighted by atomic mass is 15.3. The van der Waals surface area contributed by atoms with Gasteiger partial charge in [-0.3, -0.25) is 0 Å². The summed E-state index contributed by atoms with van der Waals surface area (Å²) in [5.41, 5.74) is 5.77. The maximum Gasteiger partial charge on any atom is 0.231 e. The molecule has 6 heteroatoms. The molecule has 18 heavy (non-hydrogen) atoms. The summed E-state index contributed by atoms with van der Waals surface area (Å²) < 4.78 is 0. The number of rotatable bonds is 3. The largest absolute Gasteiger partial charge is 0.368 e. The van der Waals surface area contributed by atoms with E-state index in [4.69, 9.17) is 5.73 Å². The summed E-state index contributed by atoms with van der Waals surface area (Å²) in [4.78, 5) is 15.1. The van der Waals surface area contributed by atoms with Crippen LogP contribution in [0.5, 0.6) is 0 Å². The van der Waals surface area contributed by atoms with Crippen LogP contribution in [0, 0.1) is 0 Å². The third-order valence-corrected chi connectivity index (χ3v) is 3.72. The Morgan fingerprint density at radius 3 is 2.44 bits per heavy atom. The zero-order valence-corrected chi connectivity index (χ0v) is 10.6. The molecule has 6 nitrogen and oxygen atoms in total. The number of nitrogens with zero attached hydrogens (tertiary/aromatic N) is 4. The molecule has 0 radical (unpaired) electrons. The third-order valence-electron chi connectivity index (χ3n) is 3.72. The van der Waals surface area contributed by atoms with E-state index in [2.05, 4.69) is 25.2 Å². The molecule has 3 N–H and O–H groups in total. The first-order valence-electron chi connectivity index (χ1n) is 6.84. The fraction of sp³-hybridized carbons (Fsp3) is 0.750. The van der Waals surface area contributed by atoms with E-state index in [-0.39, 0.29) is 0 Å². The molecule has 98 valence electrons. The first-order chi connectivity index (χ1) is 8.81. The number of aromatic nitrogens is 3. The maximum atomic E-state index is 5.77. The molecule has 2 aliphatic rings. The SMILES string of the molecule is Nc1nc(NC2CCC2)nc(N2CCCCC2)n1. The van der Waals surface area contributed by atoms with Gasteiger partial charge in [-0.05, 0) is 38.5 Å². The van der Waals surface area contributed by atoms with Crippen molar-refractivity contribution in [2.75, 3.05) is 29.0 Å². The first kappa shape index (κ1) is 11.5. The minimum Gasteiger partial charge on any atom is -0.368 e. The molecular weight excluding hydrogens is 228 g/mol. The van der Waals surface area contributed by atoms with Gasteiger partial charge in [0, 0.05) is 19.1 Å². The van der Waals surface area contributed by atoms with Crippen molar-refractivity contribution in [3.63, 3.8) is 0 Å². The second-order valence-electron chi connectivity index (χ2n) is 5.14. The highest BCUT2D eigenvalue weighted by Crippen LogP contribution is 2.23. The molecule has 0 spiro atoms. The number of hydrogen-bond acceptors (Lipinski definition) is 6. The Morgan fingerprint density at radius 1 is 1.00 bits per heavy atom. The van der Waals surface area contributed by atoms with Crippen molar-refractivity contribution in [3.05, 3.63) is 0 Å². The zero-order valence-electron chi connectivity index (χ0n) is 10.6. The van der Waals surface area contributed by atoms with E-state index in [0.717, 1.165) is 19.0 Å². The molecule has 1 saturated carbocycles. The lowest BCUT2D eigenvalue weighted by Gasteiger charge is -2.28. The van der Waals surface area contributed by atoms with E-state index in [0.29, 0.717) is 17.9 Å². The van der Waals surface area contributed by atoms with Crippen LogP contribution in [0.25, 0.3) is 0 Å². The molecule has 1 aromatic heterocycles. The molecule has 1 saturated heterocycles. The average Bonchev–Trinajstić information content (AvgIpc) is 2.34. The van der Waals surface area contributed by atoms with Crippen LogP contribution in [0.3, 0.4) is 0 Å². The summed E-state index contributed by atoms with van der Waals surface area (Å²) in [6, 6.07) is 0.515. The zero-order chi connectivity index (χ0) is 12.4. The number of hydrogen-bond donors (Lipinski definition) is 2. The normalized spacial score (nSPS) is 20.6. The van der Waals surface area contributed by atoms with Gasteiger partial charge in [-0.1, -0.05) is 0 Å². The molecule has 1 aliphatic carbocycles. The molecule has 0 amide bonds. The summed E-state index contributed by atoms with van der Waals surface area (Å²) in [6.07, 6.45) is 7.39. The van der Waals surface area contributed by atoms with Gasteiger partial charge in [-0.25, -0.2) is 0 Å². The first-order valence-corrected chi connectivity index (χ1v) is 6.84. The van der Waals surface area contributed by atoms with E-state index >= 15 is 0 Å². The Balaban J connectivity index is 1.75. The van der Waals surface area contributed by atoms with Crippen molar-refractivity contribution in [1.82, 2.24) is 15.0 Å². The van der Waals surface area contributed by atoms with E-state index in [1.54, 1.807) is 0 Å². The highest BCUT2D eigenvalue weighted by molar-refractivity contribution is 5.42. The van der Waals surface area contributed by atoms with Crippen molar-refractivity contribution in [1.29, 1.82) is 0 Å². The standard InChI is InChI=1S/C12H20N6/c13-10-15-11(14-9-5-4-6-9)17-12(16-10)18-7-2-1-3-8-18/h9H,1-8H2,(H3,13,14,15,16,17). The van der Waals surface area contributed by atoms with Crippen LogP contribution in [0.2, 0.25) is 0 Å². The number of anilines is 3. The molecule has 1 aromatic rings. The minimum absolute atomic E-state index is 0.312. The molecule has 3 rings (SSSR count). The van der Waals surface area contributed by atoms with Gasteiger partial charge < -0.3 is 16.0 Å². The lowest BCUT2D eigenvalue weighted by Crippen LogP contribution is -2.32. The van der Waals surface area contributed by atoms with Crippen LogP contribution in [0.4, 0.5) is 17.8 Å². The summed E-state index contributed by atoms with van der Waals surface area (Å²) >= 11 is 0. The monoisotopic (exact) mass is 248 g/mol. The van der Waals surface area contributed by atoms with E-state index in [1.165, 1.54) is 38.5 Å². The number of piperidine rings is 1. The fourth-order valence-corrected chi connectivity index (χ4v) is 2.42. The van der Waals surface area contributed by atoms with E-state index in [9.17, 15) is 0 Å². The lowest BCUT2D eigenvalue weighted by molar-refractivity contribution is 0.443. The number of nitrogens with two attached hydrogens (primary N) is 1. The van der Waals surface area contributed by atoms with Crippen molar-refractivity contribution in [3.8, 4) is 0 Å². The summed E-state index contributed by atoms with van der Waals surface area (Å²) in [7, 11) is 0. The molecule has 1 aliphatic heterocycles. The number of nitrogens with one attached hydrogen (secondary N) is 1. The van der Waals surface area contributed by atoms with Crippen LogP contribution in [0.15, 0.2) is 0 Å². The van der Waals surface area contributed by atoms with Gasteiger partial charge >= 0.3 is 0 Å². The van der Waals surface area contributed by atoms with Crippen LogP contribution in [-0.4, -0.2) is 34.1 Å². The molecule has 2 fully saturated rings. The van der Waals surface area contributed by atoms with E-state index < -0.39 is 0 Å². The Labute approximate surface area is 107 Å². The third kappa shape index (κ3) is 2.47. The molecule has 0 unspecified atom stereocenters. The topological polar surface area (TPSA) is 80.0 Å². The Morgan fingerprint density at radius 2 is 1.78 bits per heavy atom. The maximum absolute atomic E-state index is 5.77. The molecule has 0 atom stereocenters. The van der Waals surface area contributed by atoms with Crippen LogP contribution in [-0.2, 0) is 0 Å². The molecule has 2 heterocycles. The summed E-state index contributed by atoms with van der Waals surface area (Å²) in [5.74, 6) is 1.67. The Bertz CT molecular complexity index is 411. The molecule has 0 aromatic carbocycles. The van der Waals surface area contributed by atoms with Gasteiger partial charge in [0.05, 0.1) is 0 Å². The van der Waals surface area contributed by atoms with Gasteiger partial charge in [0.1, 0.15) is 0 Å². The van der Waals surface area contributed by atoms with Gasteiger partial charge in [0.25, 0.3) is 0 Å². The molecular formula is C12H20N6. The lowest BCUT2D eigenvalue weighted by atomic mass is 9.93.